The molecule has 3 nitrogen and oxygen atoms in total. The maximum atomic E-state index is 9.64. The van der Waals surface area contributed by atoms with Gasteiger partial charge in [0.25, 0.3) is 0 Å². The van der Waals surface area contributed by atoms with Gasteiger partial charge in [0.15, 0.2) is 0 Å². The average Bonchev–Trinajstić information content (AvgIpc) is 3.16. The summed E-state index contributed by atoms with van der Waals surface area (Å²) in [6, 6.07) is 15.9. The van der Waals surface area contributed by atoms with Gasteiger partial charge in [-0.3, -0.25) is 4.90 Å². The van der Waals surface area contributed by atoms with E-state index in [1.165, 1.54) is 16.5 Å². The van der Waals surface area contributed by atoms with E-state index in [2.05, 4.69) is 23.1 Å². The van der Waals surface area contributed by atoms with Crippen molar-refractivity contribution >= 4 is 11.0 Å². The first-order valence-corrected chi connectivity index (χ1v) is 7.76. The van der Waals surface area contributed by atoms with E-state index in [0.717, 1.165) is 31.6 Å². The molecule has 2 heterocycles. The van der Waals surface area contributed by atoms with Gasteiger partial charge in [0.1, 0.15) is 11.3 Å². The third-order valence-corrected chi connectivity index (χ3v) is 4.57. The molecule has 0 aliphatic carbocycles. The lowest BCUT2D eigenvalue weighted by Gasteiger charge is -2.15. The van der Waals surface area contributed by atoms with Crippen molar-refractivity contribution in [3.05, 3.63) is 65.9 Å². The predicted molar refractivity (Wildman–Crippen MR) is 87.0 cm³/mol. The molecule has 1 aliphatic heterocycles. The minimum Gasteiger partial charge on any atom is -0.508 e. The fraction of sp³-hybridized carbons (Fsp3) is 0.263. The summed E-state index contributed by atoms with van der Waals surface area (Å²) >= 11 is 0. The van der Waals surface area contributed by atoms with Gasteiger partial charge >= 0.3 is 0 Å². The Morgan fingerprint density at radius 1 is 1.14 bits per heavy atom. The van der Waals surface area contributed by atoms with Gasteiger partial charge in [-0.15, -0.1) is 0 Å². The van der Waals surface area contributed by atoms with Crippen LogP contribution < -0.4 is 0 Å². The van der Waals surface area contributed by atoms with Gasteiger partial charge in [-0.25, -0.2) is 0 Å². The Labute approximate surface area is 129 Å². The average molecular weight is 293 g/mol. The van der Waals surface area contributed by atoms with Crippen LogP contribution in [0.3, 0.4) is 0 Å². The van der Waals surface area contributed by atoms with Crippen molar-refractivity contribution in [3.63, 3.8) is 0 Å². The molecule has 0 saturated carbocycles. The van der Waals surface area contributed by atoms with Gasteiger partial charge in [0.2, 0.25) is 0 Å². The topological polar surface area (TPSA) is 36.6 Å². The van der Waals surface area contributed by atoms with Crippen LogP contribution in [0, 0.1) is 0 Å². The lowest BCUT2D eigenvalue weighted by molar-refractivity contribution is 0.326. The number of hydrogen-bond acceptors (Lipinski definition) is 3. The molecule has 1 fully saturated rings. The zero-order chi connectivity index (χ0) is 14.9. The number of benzene rings is 2. The van der Waals surface area contributed by atoms with Gasteiger partial charge in [0, 0.05) is 24.0 Å². The molecule has 1 aliphatic rings. The molecule has 0 radical (unpaired) electrons. The van der Waals surface area contributed by atoms with Crippen molar-refractivity contribution in [2.24, 2.45) is 0 Å². The third-order valence-electron chi connectivity index (χ3n) is 4.57. The summed E-state index contributed by atoms with van der Waals surface area (Å²) in [4.78, 5) is 2.46. The zero-order valence-corrected chi connectivity index (χ0v) is 12.4. The Balaban J connectivity index is 1.49. The van der Waals surface area contributed by atoms with Gasteiger partial charge < -0.3 is 9.52 Å². The monoisotopic (exact) mass is 293 g/mol. The quantitative estimate of drug-likeness (QED) is 0.789. The van der Waals surface area contributed by atoms with Crippen LogP contribution >= 0.6 is 0 Å². The first-order valence-electron chi connectivity index (χ1n) is 7.76. The van der Waals surface area contributed by atoms with E-state index in [1.807, 2.05) is 30.5 Å². The van der Waals surface area contributed by atoms with Gasteiger partial charge in [-0.1, -0.05) is 30.3 Å². The zero-order valence-electron chi connectivity index (χ0n) is 12.4. The maximum absolute atomic E-state index is 9.64. The summed E-state index contributed by atoms with van der Waals surface area (Å²) in [6.45, 7) is 3.04. The summed E-state index contributed by atoms with van der Waals surface area (Å²) < 4.78 is 5.63. The number of aromatic hydroxyl groups is 1. The van der Waals surface area contributed by atoms with E-state index in [-0.39, 0.29) is 0 Å². The summed E-state index contributed by atoms with van der Waals surface area (Å²) in [5, 5.41) is 10.9. The van der Waals surface area contributed by atoms with E-state index >= 15 is 0 Å². The highest BCUT2D eigenvalue weighted by Crippen LogP contribution is 2.31. The number of fused-ring (bicyclic) bond motifs is 1. The molecular weight excluding hydrogens is 274 g/mol. The normalized spacial score (nSPS) is 19.0. The van der Waals surface area contributed by atoms with E-state index in [1.54, 1.807) is 6.07 Å². The molecule has 2 aromatic carbocycles. The van der Waals surface area contributed by atoms with Crippen molar-refractivity contribution in [2.45, 2.75) is 18.9 Å². The number of hydrogen-bond donors (Lipinski definition) is 1. The number of rotatable bonds is 3. The second-order valence-corrected chi connectivity index (χ2v) is 6.07. The van der Waals surface area contributed by atoms with Crippen LogP contribution in [0.4, 0.5) is 0 Å². The van der Waals surface area contributed by atoms with E-state index in [0.29, 0.717) is 11.7 Å². The highest BCUT2D eigenvalue weighted by molar-refractivity contribution is 5.80. The first-order chi connectivity index (χ1) is 10.8. The van der Waals surface area contributed by atoms with Gasteiger partial charge in [-0.2, -0.15) is 0 Å². The van der Waals surface area contributed by atoms with Crippen LogP contribution in [-0.2, 0) is 6.54 Å². The Bertz CT molecular complexity index is 793. The number of phenolic OH excluding ortho intramolecular Hbond substituents is 1. The van der Waals surface area contributed by atoms with Gasteiger partial charge in [0.05, 0.1) is 6.26 Å². The lowest BCUT2D eigenvalue weighted by Crippen LogP contribution is -2.19. The summed E-state index contributed by atoms with van der Waals surface area (Å²) in [7, 11) is 0. The van der Waals surface area contributed by atoms with Crippen molar-refractivity contribution in [2.75, 3.05) is 13.1 Å². The second kappa shape index (κ2) is 5.50. The molecule has 1 N–H and O–H groups in total. The second-order valence-electron chi connectivity index (χ2n) is 6.07. The summed E-state index contributed by atoms with van der Waals surface area (Å²) in [5.74, 6) is 0.863. The number of nitrogens with zero attached hydrogens (tertiary/aromatic N) is 1. The van der Waals surface area contributed by atoms with Crippen molar-refractivity contribution in [1.29, 1.82) is 0 Å². The van der Waals surface area contributed by atoms with E-state index in [4.69, 9.17) is 4.42 Å². The highest BCUT2D eigenvalue weighted by atomic mass is 16.3. The fourth-order valence-corrected chi connectivity index (χ4v) is 3.42. The maximum Gasteiger partial charge on any atom is 0.134 e. The Hall–Kier alpha value is -2.26. The van der Waals surface area contributed by atoms with Crippen molar-refractivity contribution in [1.82, 2.24) is 4.90 Å². The number of furan rings is 1. The fourth-order valence-electron chi connectivity index (χ4n) is 3.42. The van der Waals surface area contributed by atoms with Crippen molar-refractivity contribution in [3.8, 4) is 5.75 Å². The van der Waals surface area contributed by atoms with Gasteiger partial charge in [-0.05, 0) is 42.6 Å². The summed E-state index contributed by atoms with van der Waals surface area (Å²) in [6.07, 6.45) is 3.02. The Kier molecular flexibility index (Phi) is 3.35. The molecule has 1 aromatic heterocycles. The molecule has 22 heavy (non-hydrogen) atoms. The largest absolute Gasteiger partial charge is 0.508 e. The molecule has 1 atom stereocenters. The first kappa shape index (κ1) is 13.4. The summed E-state index contributed by atoms with van der Waals surface area (Å²) in [5.41, 5.74) is 3.45. The van der Waals surface area contributed by atoms with Crippen molar-refractivity contribution < 1.29 is 9.52 Å². The molecule has 1 unspecified atom stereocenters. The third kappa shape index (κ3) is 2.48. The minimum absolute atomic E-state index is 0.358. The van der Waals surface area contributed by atoms with Crippen LogP contribution in [0.25, 0.3) is 11.0 Å². The standard InChI is InChI=1S/C19H19NO2/c21-17-5-3-4-14(10-17)15-8-9-20(11-15)12-16-13-22-19-7-2-1-6-18(16)19/h1-7,10,13,15,21H,8-9,11-12H2. The van der Waals surface area contributed by atoms with Crippen LogP contribution in [-0.4, -0.2) is 23.1 Å². The molecule has 0 spiro atoms. The lowest BCUT2D eigenvalue weighted by atomic mass is 9.98. The number of phenols is 1. The van der Waals surface area contributed by atoms with E-state index < -0.39 is 0 Å². The molecular formula is C19H19NO2. The Morgan fingerprint density at radius 2 is 2.05 bits per heavy atom. The number of likely N-dealkylation sites (tertiary alicyclic amines) is 1. The Morgan fingerprint density at radius 3 is 2.95 bits per heavy atom. The molecule has 112 valence electrons. The molecule has 3 heteroatoms. The minimum atomic E-state index is 0.358. The predicted octanol–water partition coefficient (Wildman–Crippen LogP) is 4.13. The molecule has 0 amide bonds. The van der Waals surface area contributed by atoms with E-state index in [9.17, 15) is 5.11 Å². The van der Waals surface area contributed by atoms with Crippen LogP contribution in [0.1, 0.15) is 23.5 Å². The molecule has 0 bridgehead atoms. The van der Waals surface area contributed by atoms with Crippen LogP contribution in [0.2, 0.25) is 0 Å². The molecule has 4 rings (SSSR count). The molecule has 3 aromatic rings. The van der Waals surface area contributed by atoms with Crippen LogP contribution in [0.15, 0.2) is 59.2 Å². The smallest absolute Gasteiger partial charge is 0.134 e. The number of para-hydroxylation sites is 1. The SMILES string of the molecule is Oc1cccc(C2CCN(Cc3coc4ccccc34)C2)c1. The van der Waals surface area contributed by atoms with Crippen LogP contribution in [0.5, 0.6) is 5.75 Å². The molecule has 1 saturated heterocycles. The highest BCUT2D eigenvalue weighted by Gasteiger charge is 2.24.